The van der Waals surface area contributed by atoms with Gasteiger partial charge in [0, 0.05) is 12.8 Å². The molecule has 0 atom stereocenters. The zero-order valence-corrected chi connectivity index (χ0v) is 9.30. The molecule has 0 aliphatic carbocycles. The maximum absolute atomic E-state index is 10.5. The van der Waals surface area contributed by atoms with Crippen LogP contribution < -0.4 is 10.6 Å². The van der Waals surface area contributed by atoms with Gasteiger partial charge in [0.25, 0.3) is 5.91 Å². The van der Waals surface area contributed by atoms with Crippen molar-refractivity contribution in [3.05, 3.63) is 0 Å². The fourth-order valence-corrected chi connectivity index (χ4v) is 1.56. The summed E-state index contributed by atoms with van der Waals surface area (Å²) < 4.78 is 20.2. The zero-order chi connectivity index (χ0) is 13.0. The summed E-state index contributed by atoms with van der Waals surface area (Å²) in [6, 6.07) is 0. The molecule has 2 rings (SSSR count). The summed E-state index contributed by atoms with van der Waals surface area (Å²) in [5.74, 6) is -1.67. The summed E-state index contributed by atoms with van der Waals surface area (Å²) in [4.78, 5) is 40.7. The molecule has 17 heavy (non-hydrogen) atoms. The second kappa shape index (κ2) is 5.34. The summed E-state index contributed by atoms with van der Waals surface area (Å²) >= 11 is 0. The molecule has 0 aromatic carbocycles. The number of hydrogen-bond donors (Lipinski definition) is 2. The Hall–Kier alpha value is -2.03. The summed E-state index contributed by atoms with van der Waals surface area (Å²) in [5.41, 5.74) is 0. The molecule has 9 heteroatoms. The molecule has 0 aromatic heterocycles. The molecule has 2 N–H and O–H groups in total. The molecular weight excluding hydrogens is 252 g/mol. The molecule has 8 nitrogen and oxygen atoms in total. The van der Waals surface area contributed by atoms with Gasteiger partial charge in [0.15, 0.2) is 0 Å². The Morgan fingerprint density at radius 3 is 1.53 bits per heavy atom. The molecule has 0 radical (unpaired) electrons. The van der Waals surface area contributed by atoms with Gasteiger partial charge < -0.3 is 0 Å². The third-order valence-electron chi connectivity index (χ3n) is 1.89. The Labute approximate surface area is 96.9 Å². The molecule has 2 fully saturated rings. The van der Waals surface area contributed by atoms with Crippen LogP contribution in [0.25, 0.3) is 0 Å². The van der Waals surface area contributed by atoms with Gasteiger partial charge in [-0.15, -0.1) is 0 Å². The van der Waals surface area contributed by atoms with Crippen molar-refractivity contribution in [2.45, 2.75) is 19.3 Å². The SMILES string of the molecule is O=C1CC(=S(=O)=O)C(=O)N1.O=C1CCC(=O)N1. The number of nitrogens with one attached hydrogen (secondary N) is 2. The van der Waals surface area contributed by atoms with Gasteiger partial charge in [-0.05, 0) is 0 Å². The molecule has 0 unspecified atom stereocenters. The predicted octanol–water partition coefficient (Wildman–Crippen LogP) is -2.49. The van der Waals surface area contributed by atoms with E-state index in [0.29, 0.717) is 12.8 Å². The van der Waals surface area contributed by atoms with Crippen LogP contribution in [0.4, 0.5) is 0 Å². The van der Waals surface area contributed by atoms with E-state index in [2.05, 4.69) is 5.32 Å². The van der Waals surface area contributed by atoms with Crippen LogP contribution in [-0.2, 0) is 29.5 Å². The minimum atomic E-state index is -2.56. The van der Waals surface area contributed by atoms with Crippen molar-refractivity contribution in [2.75, 3.05) is 0 Å². The summed E-state index contributed by atoms with van der Waals surface area (Å²) in [7, 11) is -2.56. The maximum atomic E-state index is 10.5. The van der Waals surface area contributed by atoms with Crippen molar-refractivity contribution in [3.63, 3.8) is 0 Å². The number of carbonyl (C=O) groups excluding carboxylic acids is 4. The average molecular weight is 260 g/mol. The van der Waals surface area contributed by atoms with Crippen molar-refractivity contribution in [1.29, 1.82) is 0 Å². The molecule has 2 heterocycles. The van der Waals surface area contributed by atoms with E-state index < -0.39 is 22.1 Å². The highest BCUT2D eigenvalue weighted by atomic mass is 32.2. The lowest BCUT2D eigenvalue weighted by Gasteiger charge is -1.79. The minimum Gasteiger partial charge on any atom is -0.296 e. The Balaban J connectivity index is 0.000000181. The molecule has 2 aliphatic rings. The number of amides is 4. The summed E-state index contributed by atoms with van der Waals surface area (Å²) in [6.07, 6.45) is 0.423. The zero-order valence-electron chi connectivity index (χ0n) is 8.48. The highest BCUT2D eigenvalue weighted by molar-refractivity contribution is 7.75. The van der Waals surface area contributed by atoms with Crippen LogP contribution >= 0.6 is 0 Å². The molecular formula is C8H8N2O6S. The predicted molar refractivity (Wildman–Crippen MR) is 54.1 cm³/mol. The first-order chi connectivity index (χ1) is 7.90. The third-order valence-corrected chi connectivity index (χ3v) is 2.62. The van der Waals surface area contributed by atoms with Gasteiger partial charge in [-0.1, -0.05) is 0 Å². The van der Waals surface area contributed by atoms with E-state index in [1.165, 1.54) is 0 Å². The van der Waals surface area contributed by atoms with Gasteiger partial charge in [-0.3, -0.25) is 29.8 Å². The van der Waals surface area contributed by atoms with E-state index in [1.807, 2.05) is 5.32 Å². The first kappa shape index (κ1) is 13.0. The largest absolute Gasteiger partial charge is 0.296 e. The van der Waals surface area contributed by atoms with Crippen molar-refractivity contribution in [1.82, 2.24) is 10.6 Å². The number of hydrogen-bond acceptors (Lipinski definition) is 6. The van der Waals surface area contributed by atoms with E-state index in [4.69, 9.17) is 0 Å². The fourth-order valence-electron chi connectivity index (χ4n) is 1.11. The monoisotopic (exact) mass is 260 g/mol. The molecule has 4 amide bonds. The van der Waals surface area contributed by atoms with Gasteiger partial charge >= 0.3 is 0 Å². The first-order valence-electron chi connectivity index (χ1n) is 4.52. The van der Waals surface area contributed by atoms with Gasteiger partial charge in [0.1, 0.15) is 4.86 Å². The lowest BCUT2D eigenvalue weighted by molar-refractivity contribution is -0.126. The molecule has 0 aromatic rings. The number of carbonyl (C=O) groups is 4. The molecule has 0 spiro atoms. The lowest BCUT2D eigenvalue weighted by atomic mass is 10.4. The van der Waals surface area contributed by atoms with Crippen molar-refractivity contribution < 1.29 is 27.6 Å². The first-order valence-corrected chi connectivity index (χ1v) is 5.59. The number of imide groups is 2. The quantitative estimate of drug-likeness (QED) is 0.366. The van der Waals surface area contributed by atoms with Crippen LogP contribution in [0, 0.1) is 0 Å². The fraction of sp³-hybridized carbons (Fsp3) is 0.375. The Morgan fingerprint density at radius 1 is 0.824 bits per heavy atom. The number of rotatable bonds is 0. The van der Waals surface area contributed by atoms with E-state index in [0.717, 1.165) is 0 Å². The Kier molecular flexibility index (Phi) is 4.10. The summed E-state index contributed by atoms with van der Waals surface area (Å²) in [5, 5.41) is 3.98. The van der Waals surface area contributed by atoms with Crippen LogP contribution in [-0.4, -0.2) is 36.9 Å². The molecule has 2 aliphatic heterocycles. The smallest absolute Gasteiger partial charge is 0.269 e. The highest BCUT2D eigenvalue weighted by Crippen LogP contribution is 1.96. The van der Waals surface area contributed by atoms with Crippen LogP contribution in [0.3, 0.4) is 0 Å². The van der Waals surface area contributed by atoms with Gasteiger partial charge in [0.2, 0.25) is 28.0 Å². The Bertz CT molecular complexity index is 510. The van der Waals surface area contributed by atoms with E-state index in [1.54, 1.807) is 0 Å². The molecule has 2 saturated heterocycles. The molecule has 0 saturated carbocycles. The Morgan fingerprint density at radius 2 is 1.35 bits per heavy atom. The van der Waals surface area contributed by atoms with Crippen molar-refractivity contribution >= 4 is 38.8 Å². The van der Waals surface area contributed by atoms with Crippen molar-refractivity contribution in [3.8, 4) is 0 Å². The second-order valence-electron chi connectivity index (χ2n) is 3.18. The topological polar surface area (TPSA) is 126 Å². The molecule has 92 valence electrons. The molecule has 0 bridgehead atoms. The lowest BCUT2D eigenvalue weighted by Crippen LogP contribution is -2.22. The standard InChI is InChI=1S/C4H3NO4S.C4H5NO2/c6-3-1-2(10(8)9)4(7)5-3;6-3-1-2-4(7)5-3/h1H2,(H,5,6,7);1-2H2,(H,5,6,7). The van der Waals surface area contributed by atoms with Crippen LogP contribution in [0.1, 0.15) is 19.3 Å². The van der Waals surface area contributed by atoms with E-state index in [-0.39, 0.29) is 23.1 Å². The average Bonchev–Trinajstić information content (AvgIpc) is 2.73. The van der Waals surface area contributed by atoms with Crippen LogP contribution in [0.5, 0.6) is 0 Å². The van der Waals surface area contributed by atoms with E-state index >= 15 is 0 Å². The van der Waals surface area contributed by atoms with Gasteiger partial charge in [-0.25, -0.2) is 0 Å². The second-order valence-corrected chi connectivity index (χ2v) is 4.15. The van der Waals surface area contributed by atoms with Crippen LogP contribution in [0.15, 0.2) is 0 Å². The van der Waals surface area contributed by atoms with E-state index in [9.17, 15) is 27.6 Å². The minimum absolute atomic E-state index is 0.148. The highest BCUT2D eigenvalue weighted by Gasteiger charge is 2.26. The summed E-state index contributed by atoms with van der Waals surface area (Å²) in [6.45, 7) is 0. The van der Waals surface area contributed by atoms with Gasteiger partial charge in [-0.2, -0.15) is 8.42 Å². The van der Waals surface area contributed by atoms with Gasteiger partial charge in [0.05, 0.1) is 6.42 Å². The van der Waals surface area contributed by atoms with Crippen LogP contribution in [0.2, 0.25) is 0 Å². The third kappa shape index (κ3) is 3.79. The normalized spacial score (nSPS) is 18.5. The van der Waals surface area contributed by atoms with Crippen molar-refractivity contribution in [2.24, 2.45) is 0 Å². The maximum Gasteiger partial charge on any atom is 0.269 e.